The van der Waals surface area contributed by atoms with Crippen molar-refractivity contribution in [1.29, 1.82) is 0 Å². The predicted molar refractivity (Wildman–Crippen MR) is 105 cm³/mol. The van der Waals surface area contributed by atoms with Gasteiger partial charge in [-0.25, -0.2) is 17.2 Å². The first-order chi connectivity index (χ1) is 15.2. The molecule has 1 aliphatic heterocycles. The van der Waals surface area contributed by atoms with Crippen LogP contribution in [0.2, 0.25) is 0 Å². The van der Waals surface area contributed by atoms with E-state index in [1.807, 2.05) is 6.07 Å². The highest BCUT2D eigenvalue weighted by atomic mass is 32.2. The molecule has 0 unspecified atom stereocenters. The molecule has 1 aromatic heterocycles. The summed E-state index contributed by atoms with van der Waals surface area (Å²) in [4.78, 5) is 8.52. The van der Waals surface area contributed by atoms with Crippen LogP contribution in [0.3, 0.4) is 0 Å². The van der Waals surface area contributed by atoms with E-state index in [1.165, 1.54) is 12.3 Å². The van der Waals surface area contributed by atoms with Gasteiger partial charge in [0, 0.05) is 18.1 Å². The fourth-order valence-electron chi connectivity index (χ4n) is 3.34. The predicted octanol–water partition coefficient (Wildman–Crippen LogP) is 4.18. The molecule has 0 saturated heterocycles. The van der Waals surface area contributed by atoms with Crippen LogP contribution < -0.4 is 5.32 Å². The lowest BCUT2D eigenvalue weighted by molar-refractivity contribution is -0.192. The van der Waals surface area contributed by atoms with Gasteiger partial charge in [-0.1, -0.05) is 18.2 Å². The van der Waals surface area contributed by atoms with Crippen LogP contribution >= 0.6 is 0 Å². The molecule has 2 N–H and O–H groups in total. The fraction of sp³-hybridized carbons (Fsp3) is 0.250. The average Bonchev–Trinajstić information content (AvgIpc) is 2.98. The lowest BCUT2D eigenvalue weighted by Gasteiger charge is -2.11. The Morgan fingerprint density at radius 2 is 1.64 bits per heavy atom. The highest BCUT2D eigenvalue weighted by molar-refractivity contribution is 7.90. The average molecular weight is 494 g/mol. The molecule has 6 nitrogen and oxygen atoms in total. The topological polar surface area (TPSA) is 88.4 Å². The molecule has 0 radical (unpaired) electrons. The zero-order chi connectivity index (χ0) is 24.6. The van der Waals surface area contributed by atoms with Gasteiger partial charge in [-0.05, 0) is 48.4 Å². The third kappa shape index (κ3) is 5.14. The summed E-state index contributed by atoms with van der Waals surface area (Å²) >= 11 is 0. The molecular formula is C20H16F6N2O4S. The summed E-state index contributed by atoms with van der Waals surface area (Å²) in [6, 6.07) is 9.20. The van der Waals surface area contributed by atoms with Crippen molar-refractivity contribution in [3.8, 4) is 0 Å². The van der Waals surface area contributed by atoms with Crippen LogP contribution in [0.5, 0.6) is 0 Å². The van der Waals surface area contributed by atoms with Gasteiger partial charge in [0.1, 0.15) is 0 Å². The van der Waals surface area contributed by atoms with Crippen LogP contribution in [0.15, 0.2) is 53.6 Å². The van der Waals surface area contributed by atoms with Crippen LogP contribution in [0.1, 0.15) is 16.7 Å². The van der Waals surface area contributed by atoms with E-state index in [4.69, 9.17) is 9.90 Å². The molecule has 1 aliphatic rings. The SMILES string of the molecule is O=C(O)C(F)(F)F.O=S(=O)(c1cccc(C(F)(F)F)c1)n1cc2c3c(cccc31)CNCC2. The first-order valence-corrected chi connectivity index (χ1v) is 10.7. The highest BCUT2D eigenvalue weighted by Gasteiger charge is 2.38. The Morgan fingerprint density at radius 1 is 1.00 bits per heavy atom. The Hall–Kier alpha value is -3.06. The molecule has 0 aliphatic carbocycles. The van der Waals surface area contributed by atoms with Crippen molar-refractivity contribution in [2.75, 3.05) is 6.54 Å². The van der Waals surface area contributed by atoms with Gasteiger partial charge in [0.05, 0.1) is 16.0 Å². The standard InChI is InChI=1S/C18H15F3N2O2S.C2HF3O2/c19-18(20,21)14-4-2-5-15(9-14)26(24,25)23-11-13-7-8-22-10-12-3-1-6-16(23)17(12)13;3-2(4,5)1(6)7/h1-6,9,11,22H,7-8,10H2;(H,6,7). The number of nitrogens with one attached hydrogen (secondary N) is 1. The summed E-state index contributed by atoms with van der Waals surface area (Å²) in [7, 11) is -4.14. The maximum Gasteiger partial charge on any atom is 0.490 e. The molecule has 3 aromatic rings. The zero-order valence-electron chi connectivity index (χ0n) is 16.5. The zero-order valence-corrected chi connectivity index (χ0v) is 17.4. The number of benzene rings is 2. The second-order valence-electron chi connectivity index (χ2n) is 7.02. The van der Waals surface area contributed by atoms with Gasteiger partial charge in [-0.15, -0.1) is 0 Å². The Balaban J connectivity index is 0.000000383. The van der Waals surface area contributed by atoms with Crippen molar-refractivity contribution in [3.05, 3.63) is 65.4 Å². The second kappa shape index (κ2) is 8.71. The largest absolute Gasteiger partial charge is 0.490 e. The van der Waals surface area contributed by atoms with Gasteiger partial charge in [0.15, 0.2) is 0 Å². The van der Waals surface area contributed by atoms with Crippen LogP contribution in [-0.4, -0.2) is 36.2 Å². The molecule has 2 heterocycles. The van der Waals surface area contributed by atoms with Crippen molar-refractivity contribution in [2.24, 2.45) is 0 Å². The molecule has 0 saturated carbocycles. The molecular weight excluding hydrogens is 478 g/mol. The molecule has 0 fully saturated rings. The molecule has 0 atom stereocenters. The minimum absolute atomic E-state index is 0.378. The Morgan fingerprint density at radius 3 is 2.24 bits per heavy atom. The third-order valence-corrected chi connectivity index (χ3v) is 6.48. The van der Waals surface area contributed by atoms with E-state index in [1.54, 1.807) is 12.1 Å². The fourth-order valence-corrected chi connectivity index (χ4v) is 4.78. The van der Waals surface area contributed by atoms with Gasteiger partial charge in [0.2, 0.25) is 0 Å². The first kappa shape index (κ1) is 24.6. The number of halogens is 6. The van der Waals surface area contributed by atoms with Gasteiger partial charge >= 0.3 is 18.3 Å². The van der Waals surface area contributed by atoms with Crippen LogP contribution in [0.25, 0.3) is 10.9 Å². The van der Waals surface area contributed by atoms with Gasteiger partial charge < -0.3 is 10.4 Å². The summed E-state index contributed by atoms with van der Waals surface area (Å²) in [5, 5.41) is 11.3. The number of carboxylic acids is 1. The summed E-state index contributed by atoms with van der Waals surface area (Å²) < 4.78 is 97.8. The maximum absolute atomic E-state index is 13.1. The lowest BCUT2D eigenvalue weighted by atomic mass is 10.1. The van der Waals surface area contributed by atoms with E-state index in [0.29, 0.717) is 31.1 Å². The van der Waals surface area contributed by atoms with Crippen molar-refractivity contribution in [1.82, 2.24) is 9.29 Å². The van der Waals surface area contributed by atoms with Crippen molar-refractivity contribution >= 4 is 26.9 Å². The molecule has 2 aromatic carbocycles. The molecule has 33 heavy (non-hydrogen) atoms. The number of hydrogen-bond acceptors (Lipinski definition) is 4. The molecule has 4 rings (SSSR count). The molecule has 0 amide bonds. The maximum atomic E-state index is 13.1. The van der Waals surface area contributed by atoms with E-state index >= 15 is 0 Å². The van der Waals surface area contributed by atoms with E-state index in [2.05, 4.69) is 5.32 Å². The van der Waals surface area contributed by atoms with E-state index < -0.39 is 33.9 Å². The van der Waals surface area contributed by atoms with Crippen LogP contribution in [0, 0.1) is 0 Å². The summed E-state index contributed by atoms with van der Waals surface area (Å²) in [6.07, 6.45) is -7.51. The number of hydrogen-bond donors (Lipinski definition) is 2. The number of nitrogens with zero attached hydrogens (tertiary/aromatic N) is 1. The first-order valence-electron chi connectivity index (χ1n) is 9.28. The summed E-state index contributed by atoms with van der Waals surface area (Å²) in [6.45, 7) is 1.33. The Kier molecular flexibility index (Phi) is 6.48. The van der Waals surface area contributed by atoms with Gasteiger partial charge in [0.25, 0.3) is 10.0 Å². The molecule has 178 valence electrons. The Bertz CT molecular complexity index is 1300. The van der Waals surface area contributed by atoms with Crippen LogP contribution in [0.4, 0.5) is 26.3 Å². The third-order valence-electron chi connectivity index (χ3n) is 4.81. The van der Waals surface area contributed by atoms with Crippen molar-refractivity contribution in [3.63, 3.8) is 0 Å². The van der Waals surface area contributed by atoms with Gasteiger partial charge in [-0.3, -0.25) is 0 Å². The van der Waals surface area contributed by atoms with Gasteiger partial charge in [-0.2, -0.15) is 26.3 Å². The monoisotopic (exact) mass is 494 g/mol. The number of rotatable bonds is 2. The molecule has 0 spiro atoms. The minimum atomic E-state index is -5.08. The second-order valence-corrected chi connectivity index (χ2v) is 8.84. The quantitative estimate of drug-likeness (QED) is 0.522. The minimum Gasteiger partial charge on any atom is -0.475 e. The number of carboxylic acid groups (broad SMARTS) is 1. The van der Waals surface area contributed by atoms with Crippen LogP contribution in [-0.2, 0) is 34.0 Å². The smallest absolute Gasteiger partial charge is 0.475 e. The van der Waals surface area contributed by atoms with Crippen molar-refractivity contribution in [2.45, 2.75) is 30.2 Å². The molecule has 0 bridgehead atoms. The lowest BCUT2D eigenvalue weighted by Crippen LogP contribution is -2.21. The summed E-state index contributed by atoms with van der Waals surface area (Å²) in [5.41, 5.74) is 1.35. The van der Waals surface area contributed by atoms with E-state index in [0.717, 1.165) is 32.6 Å². The number of aromatic nitrogens is 1. The van der Waals surface area contributed by atoms with E-state index in [9.17, 15) is 34.8 Å². The Labute approximate surface area is 183 Å². The van der Waals surface area contributed by atoms with E-state index in [-0.39, 0.29) is 4.90 Å². The molecule has 13 heteroatoms. The highest BCUT2D eigenvalue weighted by Crippen LogP contribution is 2.33. The number of aliphatic carboxylic acids is 1. The van der Waals surface area contributed by atoms with Crippen molar-refractivity contribution < 1.29 is 44.7 Å². The number of alkyl halides is 6. The summed E-state index contributed by atoms with van der Waals surface area (Å²) in [5.74, 6) is -2.76. The normalized spacial score (nSPS) is 14.4. The number of carbonyl (C=O) groups is 1.